The quantitative estimate of drug-likeness (QED) is 0.822. The van der Waals surface area contributed by atoms with Gasteiger partial charge in [-0.05, 0) is 50.8 Å². The molecule has 1 aromatic carbocycles. The van der Waals surface area contributed by atoms with Crippen LogP contribution in [-0.4, -0.2) is 33.3 Å². The zero-order valence-electron chi connectivity index (χ0n) is 11.8. The molecule has 108 valence electrons. The highest BCUT2D eigenvalue weighted by Gasteiger charge is 2.18. The molecule has 1 aliphatic rings. The minimum Gasteiger partial charge on any atom is -0.393 e. The van der Waals surface area contributed by atoms with E-state index in [-0.39, 0.29) is 6.10 Å². The second-order valence-corrected chi connectivity index (χ2v) is 5.74. The van der Waals surface area contributed by atoms with Crippen molar-refractivity contribution in [1.29, 1.82) is 0 Å². The molecule has 0 saturated heterocycles. The van der Waals surface area contributed by atoms with E-state index in [2.05, 4.69) is 33.1 Å². The summed E-state index contributed by atoms with van der Waals surface area (Å²) in [7, 11) is 0. The van der Waals surface area contributed by atoms with Gasteiger partial charge in [-0.3, -0.25) is 0 Å². The number of aliphatic hydroxyl groups excluding tert-OH is 1. The topological polar surface area (TPSA) is 50.1 Å². The van der Waals surface area contributed by atoms with E-state index in [9.17, 15) is 5.11 Å². The molecule has 1 heterocycles. The summed E-state index contributed by atoms with van der Waals surface area (Å²) in [6.45, 7) is 2.04. The lowest BCUT2D eigenvalue weighted by Crippen LogP contribution is -2.35. The van der Waals surface area contributed by atoms with Gasteiger partial charge in [0.2, 0.25) is 0 Å². The predicted octanol–water partition coefficient (Wildman–Crippen LogP) is 2.32. The first kappa shape index (κ1) is 13.6. The molecule has 4 heteroatoms. The van der Waals surface area contributed by atoms with Gasteiger partial charge in [-0.15, -0.1) is 0 Å². The fourth-order valence-corrected chi connectivity index (χ4v) is 3.02. The first-order valence-electron chi connectivity index (χ1n) is 7.64. The van der Waals surface area contributed by atoms with E-state index in [1.165, 1.54) is 5.52 Å². The molecular formula is C16H23N3O. The molecule has 2 N–H and O–H groups in total. The second kappa shape index (κ2) is 6.37. The van der Waals surface area contributed by atoms with Gasteiger partial charge in [-0.1, -0.05) is 12.1 Å². The van der Waals surface area contributed by atoms with Gasteiger partial charge in [-0.25, -0.2) is 4.98 Å². The zero-order valence-corrected chi connectivity index (χ0v) is 11.8. The number of fused-ring (bicyclic) bond motifs is 1. The zero-order chi connectivity index (χ0) is 13.8. The Kier molecular flexibility index (Phi) is 4.33. The van der Waals surface area contributed by atoms with Crippen molar-refractivity contribution < 1.29 is 5.11 Å². The average molecular weight is 273 g/mol. The van der Waals surface area contributed by atoms with Gasteiger partial charge in [0.05, 0.1) is 23.5 Å². The maximum Gasteiger partial charge on any atom is 0.0958 e. The van der Waals surface area contributed by atoms with Crippen molar-refractivity contribution in [3.05, 3.63) is 30.6 Å². The van der Waals surface area contributed by atoms with Crippen LogP contribution in [0.25, 0.3) is 11.0 Å². The van der Waals surface area contributed by atoms with Crippen LogP contribution in [0, 0.1) is 0 Å². The number of nitrogens with one attached hydrogen (secondary N) is 1. The van der Waals surface area contributed by atoms with Crippen LogP contribution in [0.1, 0.15) is 32.1 Å². The van der Waals surface area contributed by atoms with Crippen molar-refractivity contribution >= 4 is 11.0 Å². The van der Waals surface area contributed by atoms with Gasteiger partial charge in [0.1, 0.15) is 0 Å². The molecule has 20 heavy (non-hydrogen) atoms. The van der Waals surface area contributed by atoms with Gasteiger partial charge in [-0.2, -0.15) is 0 Å². The normalized spacial score (nSPS) is 23.2. The Bertz CT molecular complexity index is 543. The summed E-state index contributed by atoms with van der Waals surface area (Å²) in [6, 6.07) is 8.86. The Morgan fingerprint density at radius 1 is 1.20 bits per heavy atom. The van der Waals surface area contributed by atoms with Crippen LogP contribution in [0.2, 0.25) is 0 Å². The Morgan fingerprint density at radius 2 is 2.00 bits per heavy atom. The van der Waals surface area contributed by atoms with Gasteiger partial charge < -0.3 is 15.0 Å². The lowest BCUT2D eigenvalue weighted by atomic mass is 9.93. The average Bonchev–Trinajstić information content (AvgIpc) is 2.89. The lowest BCUT2D eigenvalue weighted by Gasteiger charge is -2.26. The summed E-state index contributed by atoms with van der Waals surface area (Å²) in [5.41, 5.74) is 2.29. The molecule has 0 atom stereocenters. The highest BCUT2D eigenvalue weighted by Crippen LogP contribution is 2.18. The first-order valence-corrected chi connectivity index (χ1v) is 7.64. The van der Waals surface area contributed by atoms with Crippen LogP contribution in [-0.2, 0) is 6.54 Å². The smallest absolute Gasteiger partial charge is 0.0958 e. The molecule has 1 aromatic heterocycles. The van der Waals surface area contributed by atoms with E-state index < -0.39 is 0 Å². The van der Waals surface area contributed by atoms with Crippen LogP contribution in [0.15, 0.2) is 30.6 Å². The molecule has 0 unspecified atom stereocenters. The molecule has 1 saturated carbocycles. The number of aryl methyl sites for hydroxylation is 1. The number of rotatable bonds is 5. The number of nitrogens with zero attached hydrogens (tertiary/aromatic N) is 2. The standard InChI is InChI=1S/C16H23N3O/c20-14-8-6-13(7-9-14)17-10-3-11-19-12-18-15-4-1-2-5-16(15)19/h1-2,4-5,12-14,17,20H,3,6-11H2. The molecule has 0 aliphatic heterocycles. The molecule has 0 amide bonds. The summed E-state index contributed by atoms with van der Waals surface area (Å²) in [4.78, 5) is 4.41. The number of hydrogen-bond donors (Lipinski definition) is 2. The van der Waals surface area contributed by atoms with Crippen molar-refractivity contribution in [3.8, 4) is 0 Å². The Balaban J connectivity index is 1.44. The largest absolute Gasteiger partial charge is 0.393 e. The van der Waals surface area contributed by atoms with Gasteiger partial charge in [0, 0.05) is 12.6 Å². The maximum atomic E-state index is 9.49. The number of aliphatic hydroxyl groups is 1. The Labute approximate surface area is 119 Å². The summed E-state index contributed by atoms with van der Waals surface area (Å²) in [5.74, 6) is 0. The minimum atomic E-state index is -0.0645. The minimum absolute atomic E-state index is 0.0645. The number of imidazole rings is 1. The van der Waals surface area contributed by atoms with E-state index in [1.54, 1.807) is 0 Å². The third-order valence-corrected chi connectivity index (χ3v) is 4.23. The second-order valence-electron chi connectivity index (χ2n) is 5.74. The highest BCUT2D eigenvalue weighted by molar-refractivity contribution is 5.74. The molecule has 0 spiro atoms. The fourth-order valence-electron chi connectivity index (χ4n) is 3.02. The summed E-state index contributed by atoms with van der Waals surface area (Å²) in [5, 5.41) is 13.1. The van der Waals surface area contributed by atoms with E-state index in [4.69, 9.17) is 0 Å². The van der Waals surface area contributed by atoms with Gasteiger partial charge >= 0.3 is 0 Å². The molecule has 0 bridgehead atoms. The summed E-state index contributed by atoms with van der Waals surface area (Å²) < 4.78 is 2.22. The lowest BCUT2D eigenvalue weighted by molar-refractivity contribution is 0.116. The van der Waals surface area contributed by atoms with E-state index in [0.29, 0.717) is 6.04 Å². The Hall–Kier alpha value is -1.39. The van der Waals surface area contributed by atoms with Crippen molar-refractivity contribution in [2.75, 3.05) is 6.54 Å². The molecule has 0 radical (unpaired) electrons. The molecule has 3 rings (SSSR count). The number of hydrogen-bond acceptors (Lipinski definition) is 3. The van der Waals surface area contributed by atoms with Crippen LogP contribution >= 0.6 is 0 Å². The van der Waals surface area contributed by atoms with Gasteiger partial charge in [0.15, 0.2) is 0 Å². The Morgan fingerprint density at radius 3 is 2.85 bits per heavy atom. The molecule has 1 aliphatic carbocycles. The van der Waals surface area contributed by atoms with Crippen LogP contribution in [0.3, 0.4) is 0 Å². The third kappa shape index (κ3) is 3.19. The summed E-state index contributed by atoms with van der Waals surface area (Å²) >= 11 is 0. The van der Waals surface area contributed by atoms with Gasteiger partial charge in [0.25, 0.3) is 0 Å². The van der Waals surface area contributed by atoms with E-state index in [1.807, 2.05) is 12.4 Å². The predicted molar refractivity (Wildman–Crippen MR) is 80.6 cm³/mol. The van der Waals surface area contributed by atoms with E-state index >= 15 is 0 Å². The molecule has 2 aromatic rings. The SMILES string of the molecule is OC1CCC(NCCCn2cnc3ccccc32)CC1. The van der Waals surface area contributed by atoms with Crippen LogP contribution < -0.4 is 5.32 Å². The maximum absolute atomic E-state index is 9.49. The molecule has 1 fully saturated rings. The summed E-state index contributed by atoms with van der Waals surface area (Å²) in [6.07, 6.45) is 7.09. The van der Waals surface area contributed by atoms with Crippen molar-refractivity contribution in [2.45, 2.75) is 50.8 Å². The van der Waals surface area contributed by atoms with Crippen LogP contribution in [0.4, 0.5) is 0 Å². The first-order chi connectivity index (χ1) is 9.83. The molecular weight excluding hydrogens is 250 g/mol. The van der Waals surface area contributed by atoms with E-state index in [0.717, 1.165) is 50.7 Å². The van der Waals surface area contributed by atoms with Crippen LogP contribution in [0.5, 0.6) is 0 Å². The monoisotopic (exact) mass is 273 g/mol. The number of benzene rings is 1. The van der Waals surface area contributed by atoms with Crippen molar-refractivity contribution in [2.24, 2.45) is 0 Å². The van der Waals surface area contributed by atoms with Crippen molar-refractivity contribution in [3.63, 3.8) is 0 Å². The third-order valence-electron chi connectivity index (χ3n) is 4.23. The highest BCUT2D eigenvalue weighted by atomic mass is 16.3. The fraction of sp³-hybridized carbons (Fsp3) is 0.562. The molecule has 4 nitrogen and oxygen atoms in total. The number of para-hydroxylation sites is 2. The van der Waals surface area contributed by atoms with Crippen molar-refractivity contribution in [1.82, 2.24) is 14.9 Å². The number of aromatic nitrogens is 2.